The zero-order chi connectivity index (χ0) is 20.1. The molecule has 28 heavy (non-hydrogen) atoms. The Bertz CT molecular complexity index is 704. The van der Waals surface area contributed by atoms with E-state index in [0.717, 1.165) is 25.0 Å². The summed E-state index contributed by atoms with van der Waals surface area (Å²) in [5.41, 5.74) is 4.82. The molecule has 2 fully saturated rings. The van der Waals surface area contributed by atoms with Gasteiger partial charge in [0.05, 0.1) is 12.3 Å². The number of rotatable bonds is 4. The second kappa shape index (κ2) is 8.84. The zero-order valence-corrected chi connectivity index (χ0v) is 14.9. The Balaban J connectivity index is 1.67. The van der Waals surface area contributed by atoms with Gasteiger partial charge in [0.25, 0.3) is 5.91 Å². The van der Waals surface area contributed by atoms with E-state index in [1.165, 1.54) is 12.1 Å². The van der Waals surface area contributed by atoms with E-state index in [1.807, 2.05) is 0 Å². The van der Waals surface area contributed by atoms with Crippen molar-refractivity contribution in [1.82, 2.24) is 21.5 Å². The molecule has 2 heterocycles. The molecule has 1 amide bonds. The highest BCUT2D eigenvalue weighted by atomic mass is 19.4. The predicted octanol–water partition coefficient (Wildman–Crippen LogP) is 1.43. The van der Waals surface area contributed by atoms with Gasteiger partial charge in [-0.05, 0) is 37.1 Å². The van der Waals surface area contributed by atoms with Gasteiger partial charge in [-0.2, -0.15) is 18.2 Å². The third-order valence-corrected chi connectivity index (χ3v) is 4.43. The third-order valence-electron chi connectivity index (χ3n) is 4.43. The Morgan fingerprint density at radius 2 is 2.00 bits per heavy atom. The molecule has 3 atom stereocenters. The molecule has 0 spiro atoms. The first-order chi connectivity index (χ1) is 13.3. The van der Waals surface area contributed by atoms with Crippen molar-refractivity contribution >= 4 is 11.9 Å². The number of aliphatic imine (C=N–C) groups is 1. The number of carbonyl (C=O) groups excluding carboxylic acids is 1. The van der Waals surface area contributed by atoms with Gasteiger partial charge in [0.1, 0.15) is 11.9 Å². The maximum absolute atomic E-state index is 13.0. The number of hydrogen-bond acceptors (Lipinski definition) is 4. The molecule has 0 aliphatic carbocycles. The molecule has 2 aliphatic heterocycles. The van der Waals surface area contributed by atoms with Gasteiger partial charge >= 0.3 is 6.18 Å². The van der Waals surface area contributed by atoms with Gasteiger partial charge in [0, 0.05) is 25.1 Å². The molecule has 2 saturated heterocycles. The number of amides is 1. The number of guanidine groups is 1. The molecule has 0 bridgehead atoms. The van der Waals surface area contributed by atoms with Crippen LogP contribution in [0.25, 0.3) is 0 Å². The van der Waals surface area contributed by atoms with Gasteiger partial charge in [-0.3, -0.25) is 4.79 Å². The minimum Gasteiger partial charge on any atom is -0.376 e. The summed E-state index contributed by atoms with van der Waals surface area (Å²) in [7, 11) is 0. The predicted molar refractivity (Wildman–Crippen MR) is 92.8 cm³/mol. The van der Waals surface area contributed by atoms with Gasteiger partial charge in [-0.1, -0.05) is 0 Å². The van der Waals surface area contributed by atoms with Crippen LogP contribution in [0.4, 0.5) is 17.6 Å². The molecule has 1 aromatic carbocycles. The Labute approximate surface area is 158 Å². The fourth-order valence-corrected chi connectivity index (χ4v) is 2.93. The number of alkyl halides is 3. The lowest BCUT2D eigenvalue weighted by Crippen LogP contribution is -2.50. The average molecular weight is 403 g/mol. The van der Waals surface area contributed by atoms with E-state index in [2.05, 4.69) is 26.5 Å². The number of benzene rings is 1. The smallest absolute Gasteiger partial charge is 0.376 e. The first-order valence-electron chi connectivity index (χ1n) is 8.89. The van der Waals surface area contributed by atoms with Crippen LogP contribution >= 0.6 is 0 Å². The molecule has 1 aromatic rings. The fraction of sp³-hybridized carbons (Fsp3) is 0.529. The molecule has 0 saturated carbocycles. The van der Waals surface area contributed by atoms with Crippen LogP contribution in [0.15, 0.2) is 29.3 Å². The van der Waals surface area contributed by atoms with Crippen molar-refractivity contribution in [2.75, 3.05) is 13.2 Å². The number of halogens is 4. The van der Waals surface area contributed by atoms with Crippen molar-refractivity contribution in [2.24, 2.45) is 4.99 Å². The van der Waals surface area contributed by atoms with Crippen LogP contribution in [-0.2, 0) is 4.74 Å². The molecule has 7 nitrogen and oxygen atoms in total. The van der Waals surface area contributed by atoms with E-state index in [-0.39, 0.29) is 24.0 Å². The fourth-order valence-electron chi connectivity index (χ4n) is 2.93. The first-order valence-corrected chi connectivity index (χ1v) is 8.89. The van der Waals surface area contributed by atoms with Gasteiger partial charge < -0.3 is 15.4 Å². The quantitative estimate of drug-likeness (QED) is 0.346. The summed E-state index contributed by atoms with van der Waals surface area (Å²) in [6.45, 7) is 0.994. The average Bonchev–Trinajstić information content (AvgIpc) is 3.31. The van der Waals surface area contributed by atoms with Crippen LogP contribution in [0.3, 0.4) is 0 Å². The van der Waals surface area contributed by atoms with Crippen LogP contribution in [0.2, 0.25) is 0 Å². The van der Waals surface area contributed by atoms with Crippen LogP contribution < -0.4 is 21.5 Å². The van der Waals surface area contributed by atoms with Gasteiger partial charge in [-0.25, -0.2) is 15.2 Å². The Hall–Kier alpha value is -2.24. The van der Waals surface area contributed by atoms with E-state index in [0.29, 0.717) is 13.2 Å². The monoisotopic (exact) mass is 403 g/mol. The van der Waals surface area contributed by atoms with Crippen molar-refractivity contribution < 1.29 is 27.1 Å². The Morgan fingerprint density at radius 3 is 2.61 bits per heavy atom. The molecule has 154 valence electrons. The molecule has 11 heteroatoms. The van der Waals surface area contributed by atoms with Crippen LogP contribution in [0, 0.1) is 5.82 Å². The summed E-state index contributed by atoms with van der Waals surface area (Å²) < 4.78 is 56.9. The molecular formula is C17H21F4N5O2. The summed E-state index contributed by atoms with van der Waals surface area (Å²) >= 11 is 0. The Kier molecular flexibility index (Phi) is 6.47. The first kappa shape index (κ1) is 20.5. The maximum Gasteiger partial charge on any atom is 0.405 e. The highest BCUT2D eigenvalue weighted by molar-refractivity contribution is 6.02. The highest BCUT2D eigenvalue weighted by Gasteiger charge is 2.44. The molecule has 0 aromatic heterocycles. The van der Waals surface area contributed by atoms with Crippen molar-refractivity contribution in [2.45, 2.75) is 43.8 Å². The maximum atomic E-state index is 13.0. The summed E-state index contributed by atoms with van der Waals surface area (Å²) in [6.07, 6.45) is -3.77. The Morgan fingerprint density at radius 1 is 1.25 bits per heavy atom. The summed E-state index contributed by atoms with van der Waals surface area (Å²) in [4.78, 5) is 16.2. The van der Waals surface area contributed by atoms with Crippen molar-refractivity contribution in [3.05, 3.63) is 35.6 Å². The number of ether oxygens (including phenoxy) is 1. The molecule has 4 N–H and O–H groups in total. The van der Waals surface area contributed by atoms with E-state index < -0.39 is 30.1 Å². The number of nitrogens with zero attached hydrogens (tertiary/aromatic N) is 1. The molecule has 3 unspecified atom stereocenters. The van der Waals surface area contributed by atoms with Crippen LogP contribution in [0.1, 0.15) is 29.6 Å². The molecule has 2 aliphatic rings. The lowest BCUT2D eigenvalue weighted by atomic mass is 10.2. The second-order valence-electron chi connectivity index (χ2n) is 6.60. The number of nitrogens with one attached hydrogen (secondary N) is 4. The summed E-state index contributed by atoms with van der Waals surface area (Å²) in [5, 5.41) is 5.69. The van der Waals surface area contributed by atoms with Gasteiger partial charge in [0.2, 0.25) is 5.96 Å². The van der Waals surface area contributed by atoms with E-state index in [9.17, 15) is 22.4 Å². The molecule has 3 rings (SSSR count). The lowest BCUT2D eigenvalue weighted by Gasteiger charge is -2.19. The number of hydrogen-bond donors (Lipinski definition) is 4. The van der Waals surface area contributed by atoms with Gasteiger partial charge in [0.15, 0.2) is 0 Å². The van der Waals surface area contributed by atoms with Crippen molar-refractivity contribution in [1.29, 1.82) is 0 Å². The minimum absolute atomic E-state index is 0.0203. The topological polar surface area (TPSA) is 86.8 Å². The summed E-state index contributed by atoms with van der Waals surface area (Å²) in [5.74, 6) is -1.12. The largest absolute Gasteiger partial charge is 0.405 e. The normalized spacial score (nSPS) is 25.7. The number of hydrazine groups is 1. The zero-order valence-electron chi connectivity index (χ0n) is 14.9. The van der Waals surface area contributed by atoms with Crippen LogP contribution in [0.5, 0.6) is 0 Å². The standard InChI is InChI=1S/C17H21F4N5O2/c18-11-5-3-10(4-6-11)15(27)24-16(22-9-12-2-1-7-28-12)23-14-8-13(25-26-14)17(19,20)21/h3-6,12-14,25-26H,1-2,7-9H2,(H2,22,23,24,27). The van der Waals surface area contributed by atoms with E-state index >= 15 is 0 Å². The van der Waals surface area contributed by atoms with E-state index in [4.69, 9.17) is 4.74 Å². The van der Waals surface area contributed by atoms with Gasteiger partial charge in [-0.15, -0.1) is 0 Å². The number of carbonyl (C=O) groups is 1. The second-order valence-corrected chi connectivity index (χ2v) is 6.60. The SMILES string of the molecule is O=C(/N=C(/NCC1CCCO1)NC1CC(C(F)(F)F)NN1)c1ccc(F)cc1. The highest BCUT2D eigenvalue weighted by Crippen LogP contribution is 2.25. The minimum atomic E-state index is -4.39. The molecule has 0 radical (unpaired) electrons. The van der Waals surface area contributed by atoms with Crippen molar-refractivity contribution in [3.8, 4) is 0 Å². The molecular weight excluding hydrogens is 382 g/mol. The van der Waals surface area contributed by atoms with E-state index in [1.54, 1.807) is 0 Å². The van der Waals surface area contributed by atoms with Crippen LogP contribution in [-0.4, -0.2) is 49.5 Å². The lowest BCUT2D eigenvalue weighted by molar-refractivity contribution is -0.153. The summed E-state index contributed by atoms with van der Waals surface area (Å²) in [6, 6.07) is 3.12. The third kappa shape index (κ3) is 5.63. The van der Waals surface area contributed by atoms with Crippen molar-refractivity contribution in [3.63, 3.8) is 0 Å².